The Hall–Kier alpha value is -3.16. The average molecular weight is 381 g/mol. The Morgan fingerprint density at radius 2 is 1.79 bits per heavy atom. The summed E-state index contributed by atoms with van der Waals surface area (Å²) in [7, 11) is 0. The molecule has 3 heterocycles. The number of nitriles is 1. The molecule has 0 saturated carbocycles. The molecule has 0 unspecified atom stereocenters. The zero-order valence-electron chi connectivity index (χ0n) is 16.3. The fraction of sp³-hybridized carbons (Fsp3) is 0.280. The molecule has 0 spiro atoms. The second-order valence-electron chi connectivity index (χ2n) is 8.29. The van der Waals surface area contributed by atoms with Gasteiger partial charge >= 0.3 is 0 Å². The van der Waals surface area contributed by atoms with Gasteiger partial charge in [0.05, 0.1) is 11.6 Å². The summed E-state index contributed by atoms with van der Waals surface area (Å²) in [4.78, 5) is 15.3. The molecule has 2 bridgehead atoms. The quantitative estimate of drug-likeness (QED) is 0.689. The number of aromatic nitrogens is 1. The van der Waals surface area contributed by atoms with E-state index in [1.807, 2.05) is 41.0 Å². The van der Waals surface area contributed by atoms with Crippen molar-refractivity contribution in [2.75, 3.05) is 13.1 Å². The van der Waals surface area contributed by atoms with E-state index in [1.165, 1.54) is 11.3 Å². The van der Waals surface area contributed by atoms with Gasteiger partial charge in [-0.3, -0.25) is 9.69 Å². The lowest BCUT2D eigenvalue weighted by atomic mass is 9.82. The van der Waals surface area contributed by atoms with Crippen molar-refractivity contribution < 1.29 is 0 Å². The minimum atomic E-state index is 0.117. The van der Waals surface area contributed by atoms with Gasteiger partial charge in [-0.1, -0.05) is 42.5 Å². The highest BCUT2D eigenvalue weighted by molar-refractivity contribution is 5.63. The molecule has 2 atom stereocenters. The van der Waals surface area contributed by atoms with E-state index < -0.39 is 0 Å². The van der Waals surface area contributed by atoms with Crippen LogP contribution >= 0.6 is 0 Å². The van der Waals surface area contributed by atoms with Crippen LogP contribution in [0.1, 0.15) is 29.2 Å². The van der Waals surface area contributed by atoms with E-state index in [-0.39, 0.29) is 5.56 Å². The lowest BCUT2D eigenvalue weighted by Gasteiger charge is -2.43. The number of benzene rings is 2. The molecule has 1 fully saturated rings. The maximum absolute atomic E-state index is 12.9. The van der Waals surface area contributed by atoms with Crippen LogP contribution in [0.15, 0.2) is 71.5 Å². The molecule has 3 aromatic rings. The maximum Gasteiger partial charge on any atom is 0.251 e. The summed E-state index contributed by atoms with van der Waals surface area (Å²) in [5.41, 5.74) is 5.29. The van der Waals surface area contributed by atoms with Gasteiger partial charge in [0.15, 0.2) is 0 Å². The fourth-order valence-electron chi connectivity index (χ4n) is 4.98. The summed E-state index contributed by atoms with van der Waals surface area (Å²) in [6.45, 7) is 3.60. The molecule has 0 N–H and O–H groups in total. The first-order valence-corrected chi connectivity index (χ1v) is 10.2. The van der Waals surface area contributed by atoms with E-state index in [1.54, 1.807) is 6.07 Å². The number of nitrogens with zero attached hydrogens (tertiary/aromatic N) is 3. The van der Waals surface area contributed by atoms with Crippen molar-refractivity contribution in [3.05, 3.63) is 93.9 Å². The average Bonchev–Trinajstić information content (AvgIpc) is 2.75. The number of likely N-dealkylation sites (tertiary alicyclic amines) is 1. The third-order valence-electron chi connectivity index (χ3n) is 6.20. The molecule has 5 rings (SSSR count). The molecule has 2 aromatic carbocycles. The summed E-state index contributed by atoms with van der Waals surface area (Å²) in [6.07, 6.45) is 1.15. The summed E-state index contributed by atoms with van der Waals surface area (Å²) in [6, 6.07) is 24.3. The Bertz CT molecular complexity index is 1140. The first-order valence-electron chi connectivity index (χ1n) is 10.2. The van der Waals surface area contributed by atoms with Crippen LogP contribution in [0.25, 0.3) is 11.1 Å². The van der Waals surface area contributed by atoms with Crippen LogP contribution in [0.4, 0.5) is 0 Å². The molecule has 1 aromatic heterocycles. The Labute approximate surface area is 170 Å². The molecule has 1 saturated heterocycles. The van der Waals surface area contributed by atoms with Crippen molar-refractivity contribution in [1.29, 1.82) is 5.26 Å². The van der Waals surface area contributed by atoms with Gasteiger partial charge in [-0.25, -0.2) is 0 Å². The van der Waals surface area contributed by atoms with Crippen LogP contribution in [0.2, 0.25) is 0 Å². The van der Waals surface area contributed by atoms with E-state index in [4.69, 9.17) is 5.26 Å². The Kier molecular flexibility index (Phi) is 4.54. The Morgan fingerprint density at radius 3 is 2.62 bits per heavy atom. The van der Waals surface area contributed by atoms with E-state index >= 15 is 0 Å². The zero-order chi connectivity index (χ0) is 19.8. The smallest absolute Gasteiger partial charge is 0.251 e. The van der Waals surface area contributed by atoms with Gasteiger partial charge < -0.3 is 4.57 Å². The van der Waals surface area contributed by atoms with Crippen LogP contribution in [0, 0.1) is 17.2 Å². The standard InChI is InChI=1S/C25H23N3O/c26-13-18-5-4-6-19(9-18)14-27-15-20-10-23(17-27)24-11-22(12-25(29)28(24)16-20)21-7-2-1-3-8-21/h1-9,11-12,20,23H,10,14-17H2/t20-,23+/m0/s1. The number of pyridine rings is 1. The molecule has 2 aliphatic rings. The van der Waals surface area contributed by atoms with Gasteiger partial charge in [0.1, 0.15) is 0 Å². The molecule has 29 heavy (non-hydrogen) atoms. The Balaban J connectivity index is 1.44. The maximum atomic E-state index is 12.9. The second-order valence-corrected chi connectivity index (χ2v) is 8.29. The van der Waals surface area contributed by atoms with E-state index in [0.29, 0.717) is 17.4 Å². The summed E-state index contributed by atoms with van der Waals surface area (Å²) in [5.74, 6) is 0.874. The Morgan fingerprint density at radius 1 is 0.931 bits per heavy atom. The lowest BCUT2D eigenvalue weighted by molar-refractivity contribution is 0.114. The van der Waals surface area contributed by atoms with Gasteiger partial charge in [-0.05, 0) is 47.2 Å². The molecule has 0 aliphatic carbocycles. The van der Waals surface area contributed by atoms with Gasteiger partial charge in [0.25, 0.3) is 5.56 Å². The minimum Gasteiger partial charge on any atom is -0.312 e. The molecular weight excluding hydrogens is 358 g/mol. The molecular formula is C25H23N3O. The van der Waals surface area contributed by atoms with E-state index in [9.17, 15) is 4.79 Å². The normalized spacial score (nSPS) is 20.7. The predicted molar refractivity (Wildman–Crippen MR) is 113 cm³/mol. The number of rotatable bonds is 3. The number of piperidine rings is 1. The number of hydrogen-bond acceptors (Lipinski definition) is 3. The third-order valence-corrected chi connectivity index (χ3v) is 6.20. The third kappa shape index (κ3) is 3.50. The first-order chi connectivity index (χ1) is 14.2. The van der Waals surface area contributed by atoms with Gasteiger partial charge in [0.2, 0.25) is 0 Å². The fourth-order valence-corrected chi connectivity index (χ4v) is 4.98. The molecule has 0 radical (unpaired) electrons. The van der Waals surface area contributed by atoms with Crippen molar-refractivity contribution in [3.8, 4) is 17.2 Å². The molecule has 4 nitrogen and oxygen atoms in total. The van der Waals surface area contributed by atoms with E-state index in [0.717, 1.165) is 43.7 Å². The molecule has 0 amide bonds. The van der Waals surface area contributed by atoms with Crippen molar-refractivity contribution in [2.45, 2.75) is 25.4 Å². The summed E-state index contributed by atoms with van der Waals surface area (Å²) < 4.78 is 2.00. The topological polar surface area (TPSA) is 49.0 Å². The number of hydrogen-bond donors (Lipinski definition) is 0. The van der Waals surface area contributed by atoms with Gasteiger partial charge in [0, 0.05) is 43.9 Å². The van der Waals surface area contributed by atoms with E-state index in [2.05, 4.69) is 35.2 Å². The van der Waals surface area contributed by atoms with Crippen LogP contribution in [0.5, 0.6) is 0 Å². The second kappa shape index (κ2) is 7.35. The summed E-state index contributed by atoms with van der Waals surface area (Å²) >= 11 is 0. The highest BCUT2D eigenvalue weighted by atomic mass is 16.1. The van der Waals surface area contributed by atoms with Crippen molar-refractivity contribution in [1.82, 2.24) is 9.47 Å². The SMILES string of the molecule is N#Cc1cccc(CN2C[C@@H]3C[C@H](C2)c2cc(-c4ccccc4)cc(=O)n2C3)c1. The highest BCUT2D eigenvalue weighted by Gasteiger charge is 2.34. The van der Waals surface area contributed by atoms with Gasteiger partial charge in [-0.15, -0.1) is 0 Å². The largest absolute Gasteiger partial charge is 0.312 e. The van der Waals surface area contributed by atoms with Crippen LogP contribution < -0.4 is 5.56 Å². The monoisotopic (exact) mass is 381 g/mol. The van der Waals surface area contributed by atoms with Crippen LogP contribution in [-0.4, -0.2) is 22.6 Å². The zero-order valence-corrected chi connectivity index (χ0v) is 16.3. The van der Waals surface area contributed by atoms with Crippen molar-refractivity contribution in [2.24, 2.45) is 5.92 Å². The van der Waals surface area contributed by atoms with Crippen molar-refractivity contribution in [3.63, 3.8) is 0 Å². The highest BCUT2D eigenvalue weighted by Crippen LogP contribution is 2.37. The minimum absolute atomic E-state index is 0.117. The molecule has 4 heteroatoms. The lowest BCUT2D eigenvalue weighted by Crippen LogP contribution is -2.46. The molecule has 2 aliphatic heterocycles. The van der Waals surface area contributed by atoms with Crippen LogP contribution in [-0.2, 0) is 13.1 Å². The van der Waals surface area contributed by atoms with Crippen molar-refractivity contribution >= 4 is 0 Å². The van der Waals surface area contributed by atoms with Crippen LogP contribution in [0.3, 0.4) is 0 Å². The van der Waals surface area contributed by atoms with Gasteiger partial charge in [-0.2, -0.15) is 5.26 Å². The number of fused-ring (bicyclic) bond motifs is 4. The summed E-state index contributed by atoms with van der Waals surface area (Å²) in [5, 5.41) is 9.16. The molecule has 144 valence electrons. The predicted octanol–water partition coefficient (Wildman–Crippen LogP) is 4.01. The first kappa shape index (κ1) is 17.9.